The van der Waals surface area contributed by atoms with Crippen LogP contribution in [0.15, 0.2) is 42.7 Å². The number of pyridine rings is 2. The second kappa shape index (κ2) is 9.84. The van der Waals surface area contributed by atoms with Crippen LogP contribution in [0.25, 0.3) is 10.6 Å². The van der Waals surface area contributed by atoms with E-state index in [0.29, 0.717) is 13.2 Å². The van der Waals surface area contributed by atoms with Crippen LogP contribution in [-0.2, 0) is 9.53 Å². The van der Waals surface area contributed by atoms with Crippen LogP contribution in [0.3, 0.4) is 0 Å². The van der Waals surface area contributed by atoms with E-state index in [0.717, 1.165) is 71.9 Å². The number of carbonyl (C=O) groups excluding carboxylic acids is 1. The Balaban J connectivity index is 1.21. The normalized spacial score (nSPS) is 17.2. The Morgan fingerprint density at radius 1 is 1.09 bits per heavy atom. The van der Waals surface area contributed by atoms with Gasteiger partial charge in [-0.05, 0) is 49.6 Å². The molecule has 0 radical (unpaired) electrons. The van der Waals surface area contributed by atoms with Crippen molar-refractivity contribution in [1.29, 1.82) is 0 Å². The highest BCUT2D eigenvalue weighted by Crippen LogP contribution is 2.33. The van der Waals surface area contributed by atoms with Gasteiger partial charge >= 0.3 is 0 Å². The third kappa shape index (κ3) is 5.15. The second-order valence-corrected chi connectivity index (χ2v) is 9.47. The van der Waals surface area contributed by atoms with Gasteiger partial charge in [-0.15, -0.1) is 0 Å². The van der Waals surface area contributed by atoms with Gasteiger partial charge in [-0.1, -0.05) is 17.4 Å². The van der Waals surface area contributed by atoms with Crippen molar-refractivity contribution >= 4 is 34.0 Å². The molecule has 0 aliphatic carbocycles. The van der Waals surface area contributed by atoms with Crippen LogP contribution in [0.2, 0.25) is 0 Å². The fourth-order valence-corrected chi connectivity index (χ4v) is 5.20. The van der Waals surface area contributed by atoms with E-state index in [9.17, 15) is 4.79 Å². The SMILES string of the molecule is Cc1ccnc(Nc2cccc(-c3cnc(N4CCC(C(=O)N5CCOCC5)CC4)s3)n2)c1. The summed E-state index contributed by atoms with van der Waals surface area (Å²) in [5.41, 5.74) is 2.03. The average molecular weight is 465 g/mol. The lowest BCUT2D eigenvalue weighted by Gasteiger charge is -2.35. The summed E-state index contributed by atoms with van der Waals surface area (Å²) in [6.07, 6.45) is 5.41. The van der Waals surface area contributed by atoms with Gasteiger partial charge in [-0.3, -0.25) is 4.79 Å². The van der Waals surface area contributed by atoms with Gasteiger partial charge < -0.3 is 19.9 Å². The van der Waals surface area contributed by atoms with Gasteiger partial charge in [-0.25, -0.2) is 15.0 Å². The molecule has 9 heteroatoms. The maximum Gasteiger partial charge on any atom is 0.225 e. The number of thiazole rings is 1. The molecular formula is C24H28N6O2S. The first kappa shape index (κ1) is 21.8. The van der Waals surface area contributed by atoms with Crippen LogP contribution >= 0.6 is 11.3 Å². The standard InChI is InChI=1S/C24H28N6O2S/c1-17-5-8-25-22(15-17)28-21-4-2-3-19(27-21)20-16-26-24(33-20)30-9-6-18(7-10-30)23(31)29-11-13-32-14-12-29/h2-5,8,15-16,18H,6-7,9-14H2,1H3,(H,25,27,28). The van der Waals surface area contributed by atoms with Gasteiger partial charge in [0.05, 0.1) is 23.8 Å². The van der Waals surface area contributed by atoms with Crippen molar-refractivity contribution < 1.29 is 9.53 Å². The van der Waals surface area contributed by atoms with Crippen molar-refractivity contribution in [2.75, 3.05) is 49.6 Å². The molecule has 1 amide bonds. The third-order valence-electron chi connectivity index (χ3n) is 6.10. The van der Waals surface area contributed by atoms with Gasteiger partial charge in [0.25, 0.3) is 0 Å². The van der Waals surface area contributed by atoms with Crippen LogP contribution in [0.1, 0.15) is 18.4 Å². The zero-order chi connectivity index (χ0) is 22.6. The molecule has 0 bridgehead atoms. The minimum atomic E-state index is 0.110. The number of rotatable bonds is 5. The highest BCUT2D eigenvalue weighted by atomic mass is 32.1. The van der Waals surface area contributed by atoms with Gasteiger partial charge in [-0.2, -0.15) is 0 Å². The minimum Gasteiger partial charge on any atom is -0.378 e. The molecule has 5 rings (SSSR count). The summed E-state index contributed by atoms with van der Waals surface area (Å²) >= 11 is 1.64. The first-order valence-electron chi connectivity index (χ1n) is 11.4. The Morgan fingerprint density at radius 3 is 2.70 bits per heavy atom. The van der Waals surface area contributed by atoms with E-state index in [1.807, 2.05) is 48.4 Å². The van der Waals surface area contributed by atoms with E-state index in [-0.39, 0.29) is 11.8 Å². The summed E-state index contributed by atoms with van der Waals surface area (Å²) in [5.74, 6) is 1.93. The first-order valence-corrected chi connectivity index (χ1v) is 12.2. The molecule has 172 valence electrons. The zero-order valence-electron chi connectivity index (χ0n) is 18.7. The summed E-state index contributed by atoms with van der Waals surface area (Å²) in [7, 11) is 0. The number of anilines is 3. The lowest BCUT2D eigenvalue weighted by atomic mass is 9.95. The van der Waals surface area contributed by atoms with Gasteiger partial charge in [0, 0.05) is 44.5 Å². The molecular weight excluding hydrogens is 436 g/mol. The summed E-state index contributed by atoms with van der Waals surface area (Å²) in [4.78, 5) is 31.8. The maximum absolute atomic E-state index is 12.8. The van der Waals surface area contributed by atoms with Crippen molar-refractivity contribution in [1.82, 2.24) is 19.9 Å². The van der Waals surface area contributed by atoms with Crippen molar-refractivity contribution in [3.05, 3.63) is 48.3 Å². The van der Waals surface area contributed by atoms with Crippen LogP contribution in [-0.4, -0.2) is 65.2 Å². The molecule has 2 aliphatic rings. The maximum atomic E-state index is 12.8. The molecule has 8 nitrogen and oxygen atoms in total. The number of hydrogen-bond donors (Lipinski definition) is 1. The van der Waals surface area contributed by atoms with Gasteiger partial charge in [0.2, 0.25) is 5.91 Å². The molecule has 2 aliphatic heterocycles. The minimum absolute atomic E-state index is 0.110. The summed E-state index contributed by atoms with van der Waals surface area (Å²) < 4.78 is 5.37. The van der Waals surface area contributed by atoms with E-state index in [2.05, 4.69) is 20.2 Å². The molecule has 3 aromatic heterocycles. The number of nitrogens with zero attached hydrogens (tertiary/aromatic N) is 5. The van der Waals surface area contributed by atoms with E-state index < -0.39 is 0 Å². The fourth-order valence-electron chi connectivity index (χ4n) is 4.27. The summed E-state index contributed by atoms with van der Waals surface area (Å²) in [5, 5.41) is 4.26. The quantitative estimate of drug-likeness (QED) is 0.616. The number of nitrogens with one attached hydrogen (secondary N) is 1. The monoisotopic (exact) mass is 464 g/mol. The number of amides is 1. The predicted molar refractivity (Wildman–Crippen MR) is 130 cm³/mol. The zero-order valence-corrected chi connectivity index (χ0v) is 19.6. The van der Waals surface area contributed by atoms with Gasteiger partial charge in [0.15, 0.2) is 5.13 Å². The number of piperidine rings is 1. The topological polar surface area (TPSA) is 83.5 Å². The van der Waals surface area contributed by atoms with E-state index >= 15 is 0 Å². The largest absolute Gasteiger partial charge is 0.378 e. The molecule has 0 saturated carbocycles. The number of aromatic nitrogens is 3. The number of ether oxygens (including phenoxy) is 1. The second-order valence-electron chi connectivity index (χ2n) is 8.46. The highest BCUT2D eigenvalue weighted by molar-refractivity contribution is 7.18. The van der Waals surface area contributed by atoms with E-state index in [1.165, 1.54) is 0 Å². The first-order chi connectivity index (χ1) is 16.2. The molecule has 2 saturated heterocycles. The molecule has 5 heterocycles. The lowest BCUT2D eigenvalue weighted by molar-refractivity contribution is -0.140. The summed E-state index contributed by atoms with van der Waals surface area (Å²) in [6, 6.07) is 9.88. The summed E-state index contributed by atoms with van der Waals surface area (Å²) in [6.45, 7) is 6.48. The van der Waals surface area contributed by atoms with Crippen molar-refractivity contribution in [3.8, 4) is 10.6 Å². The van der Waals surface area contributed by atoms with Crippen molar-refractivity contribution in [2.24, 2.45) is 5.92 Å². The van der Waals surface area contributed by atoms with Crippen LogP contribution in [0, 0.1) is 12.8 Å². The molecule has 1 N–H and O–H groups in total. The Hall–Kier alpha value is -3.04. The predicted octanol–water partition coefficient (Wildman–Crippen LogP) is 3.73. The molecule has 0 aromatic carbocycles. The molecule has 0 spiro atoms. The van der Waals surface area contributed by atoms with E-state index in [1.54, 1.807) is 17.5 Å². The molecule has 3 aromatic rings. The number of morpholine rings is 1. The van der Waals surface area contributed by atoms with Crippen molar-refractivity contribution in [2.45, 2.75) is 19.8 Å². The Labute approximate surface area is 197 Å². The number of carbonyl (C=O) groups is 1. The molecule has 0 atom stereocenters. The smallest absolute Gasteiger partial charge is 0.225 e. The van der Waals surface area contributed by atoms with Gasteiger partial charge in [0.1, 0.15) is 11.6 Å². The highest BCUT2D eigenvalue weighted by Gasteiger charge is 2.30. The number of hydrogen-bond acceptors (Lipinski definition) is 8. The average Bonchev–Trinajstić information content (AvgIpc) is 3.35. The van der Waals surface area contributed by atoms with Crippen molar-refractivity contribution in [3.63, 3.8) is 0 Å². The van der Waals surface area contributed by atoms with E-state index in [4.69, 9.17) is 9.72 Å². The molecule has 2 fully saturated rings. The number of aryl methyl sites for hydroxylation is 1. The Morgan fingerprint density at radius 2 is 1.91 bits per heavy atom. The molecule has 0 unspecified atom stereocenters. The molecule has 33 heavy (non-hydrogen) atoms. The fraction of sp³-hybridized carbons (Fsp3) is 0.417. The Kier molecular flexibility index (Phi) is 6.50. The van der Waals surface area contributed by atoms with Crippen LogP contribution < -0.4 is 10.2 Å². The Bertz CT molecular complexity index is 1110. The third-order valence-corrected chi connectivity index (χ3v) is 7.18. The van der Waals surface area contributed by atoms with Crippen LogP contribution in [0.4, 0.5) is 16.8 Å². The van der Waals surface area contributed by atoms with Crippen LogP contribution in [0.5, 0.6) is 0 Å². The lowest BCUT2D eigenvalue weighted by Crippen LogP contribution is -2.46.